The molecule has 1 saturated heterocycles. The maximum Gasteiger partial charge on any atom is 0.274 e. The Morgan fingerprint density at radius 3 is 2.67 bits per heavy atom. The van der Waals surface area contributed by atoms with Crippen molar-refractivity contribution in [1.29, 1.82) is 0 Å². The molecule has 138 valence electrons. The first-order valence-electron chi connectivity index (χ1n) is 8.95. The Morgan fingerprint density at radius 1 is 1.15 bits per heavy atom. The quantitative estimate of drug-likeness (QED) is 0.698. The third-order valence-electron chi connectivity index (χ3n) is 4.96. The van der Waals surface area contributed by atoms with E-state index < -0.39 is 0 Å². The molecule has 1 fully saturated rings. The first kappa shape index (κ1) is 17.8. The molecule has 0 N–H and O–H groups in total. The zero-order valence-electron chi connectivity index (χ0n) is 15.1. The van der Waals surface area contributed by atoms with Gasteiger partial charge in [-0.3, -0.25) is 14.7 Å². The molecule has 4 rings (SSSR count). The van der Waals surface area contributed by atoms with Crippen molar-refractivity contribution in [1.82, 2.24) is 24.8 Å². The smallest absolute Gasteiger partial charge is 0.274 e. The lowest BCUT2D eigenvalue weighted by Crippen LogP contribution is -2.48. The summed E-state index contributed by atoms with van der Waals surface area (Å²) in [6.07, 6.45) is 4.62. The minimum atomic E-state index is -0.0690. The molecule has 0 aliphatic carbocycles. The largest absolute Gasteiger partial charge is 0.335 e. The average Bonchev–Trinajstić information content (AvgIpc) is 2.72. The van der Waals surface area contributed by atoms with Crippen LogP contribution in [0.25, 0.3) is 10.9 Å². The number of fused-ring (bicyclic) bond motifs is 1. The van der Waals surface area contributed by atoms with Gasteiger partial charge in [-0.25, -0.2) is 9.97 Å². The van der Waals surface area contributed by atoms with Crippen molar-refractivity contribution in [2.75, 3.05) is 26.2 Å². The highest BCUT2D eigenvalue weighted by Gasteiger charge is 2.24. The number of aromatic nitrogens is 3. The summed E-state index contributed by atoms with van der Waals surface area (Å²) in [4.78, 5) is 29.4. The second-order valence-corrected chi connectivity index (χ2v) is 7.05. The van der Waals surface area contributed by atoms with Crippen LogP contribution in [-0.2, 0) is 6.54 Å². The molecule has 3 aromatic rings. The fourth-order valence-corrected chi connectivity index (χ4v) is 3.62. The van der Waals surface area contributed by atoms with Gasteiger partial charge in [-0.2, -0.15) is 0 Å². The van der Waals surface area contributed by atoms with Crippen molar-refractivity contribution >= 4 is 28.4 Å². The van der Waals surface area contributed by atoms with Crippen LogP contribution in [0.2, 0.25) is 5.02 Å². The second-order valence-electron chi connectivity index (χ2n) is 6.67. The summed E-state index contributed by atoms with van der Waals surface area (Å²) in [7, 11) is 0. The van der Waals surface area contributed by atoms with Crippen LogP contribution in [0.3, 0.4) is 0 Å². The number of rotatable bonds is 3. The standard InChI is InChI=1S/C20H20ClN5O/c1-14-15-4-2-3-5-16(15)24-18(19(14)21)13-25-8-10-26(11-9-25)20(27)17-12-22-6-7-23-17/h2-7,12H,8-11,13H2,1H3. The van der Waals surface area contributed by atoms with Crippen LogP contribution in [0.4, 0.5) is 0 Å². The van der Waals surface area contributed by atoms with Crippen LogP contribution in [0.1, 0.15) is 21.7 Å². The summed E-state index contributed by atoms with van der Waals surface area (Å²) in [6, 6.07) is 8.05. The molecule has 0 spiro atoms. The SMILES string of the molecule is Cc1c(Cl)c(CN2CCN(C(=O)c3cnccn3)CC2)nc2ccccc12. The zero-order chi connectivity index (χ0) is 18.8. The van der Waals surface area contributed by atoms with Crippen molar-refractivity contribution in [3.63, 3.8) is 0 Å². The number of piperazine rings is 1. The van der Waals surface area contributed by atoms with E-state index in [1.54, 1.807) is 12.4 Å². The Morgan fingerprint density at radius 2 is 1.93 bits per heavy atom. The van der Waals surface area contributed by atoms with Gasteiger partial charge in [0.1, 0.15) is 5.69 Å². The molecule has 1 aliphatic rings. The van der Waals surface area contributed by atoms with Crippen LogP contribution >= 0.6 is 11.6 Å². The number of amides is 1. The van der Waals surface area contributed by atoms with Gasteiger partial charge in [0.25, 0.3) is 5.91 Å². The van der Waals surface area contributed by atoms with Crippen LogP contribution in [-0.4, -0.2) is 56.8 Å². The van der Waals surface area contributed by atoms with E-state index in [0.29, 0.717) is 25.3 Å². The Labute approximate surface area is 162 Å². The molecule has 0 bridgehead atoms. The number of pyridine rings is 1. The molecule has 3 heterocycles. The molecule has 0 saturated carbocycles. The lowest BCUT2D eigenvalue weighted by molar-refractivity contribution is 0.0621. The Hall–Kier alpha value is -2.57. The van der Waals surface area contributed by atoms with Gasteiger partial charge in [0.15, 0.2) is 0 Å². The zero-order valence-corrected chi connectivity index (χ0v) is 15.9. The summed E-state index contributed by atoms with van der Waals surface area (Å²) in [5.41, 5.74) is 3.31. The molecular formula is C20H20ClN5O. The van der Waals surface area contributed by atoms with Crippen LogP contribution < -0.4 is 0 Å². The third-order valence-corrected chi connectivity index (χ3v) is 5.46. The van der Waals surface area contributed by atoms with E-state index in [2.05, 4.69) is 14.9 Å². The summed E-state index contributed by atoms with van der Waals surface area (Å²) in [5.74, 6) is -0.0690. The number of carbonyl (C=O) groups is 1. The Kier molecular flexibility index (Phi) is 5.01. The highest BCUT2D eigenvalue weighted by atomic mass is 35.5. The van der Waals surface area contributed by atoms with Crippen LogP contribution in [0.5, 0.6) is 0 Å². The molecule has 7 heteroatoms. The lowest BCUT2D eigenvalue weighted by Gasteiger charge is -2.34. The van der Waals surface area contributed by atoms with Gasteiger partial charge in [-0.15, -0.1) is 0 Å². The van der Waals surface area contributed by atoms with Crippen LogP contribution in [0, 0.1) is 6.92 Å². The van der Waals surface area contributed by atoms with Gasteiger partial charge in [-0.1, -0.05) is 29.8 Å². The van der Waals surface area contributed by atoms with Gasteiger partial charge < -0.3 is 4.90 Å². The van der Waals surface area contributed by atoms with E-state index in [4.69, 9.17) is 16.6 Å². The summed E-state index contributed by atoms with van der Waals surface area (Å²) in [6.45, 7) is 5.57. The third kappa shape index (κ3) is 3.63. The molecular weight excluding hydrogens is 362 g/mol. The topological polar surface area (TPSA) is 62.2 Å². The first-order chi connectivity index (χ1) is 13.1. The average molecular weight is 382 g/mol. The first-order valence-corrected chi connectivity index (χ1v) is 9.32. The Balaban J connectivity index is 1.45. The lowest BCUT2D eigenvalue weighted by atomic mass is 10.1. The van der Waals surface area contributed by atoms with E-state index in [1.165, 1.54) is 6.20 Å². The fraction of sp³-hybridized carbons (Fsp3) is 0.300. The molecule has 1 amide bonds. The molecule has 0 radical (unpaired) electrons. The Bertz CT molecular complexity index is 971. The number of hydrogen-bond acceptors (Lipinski definition) is 5. The van der Waals surface area contributed by atoms with Gasteiger partial charge in [0, 0.05) is 50.5 Å². The number of benzene rings is 1. The molecule has 0 atom stereocenters. The van der Waals surface area contributed by atoms with Crippen LogP contribution in [0.15, 0.2) is 42.9 Å². The minimum absolute atomic E-state index is 0.0690. The highest BCUT2D eigenvalue weighted by Crippen LogP contribution is 2.27. The van der Waals surface area contributed by atoms with Crippen molar-refractivity contribution in [2.45, 2.75) is 13.5 Å². The number of aryl methyl sites for hydroxylation is 1. The van der Waals surface area contributed by atoms with E-state index in [9.17, 15) is 4.79 Å². The molecule has 6 nitrogen and oxygen atoms in total. The van der Waals surface area contributed by atoms with Crippen molar-refractivity contribution in [2.24, 2.45) is 0 Å². The normalized spacial score (nSPS) is 15.3. The van der Waals surface area contributed by atoms with E-state index >= 15 is 0 Å². The maximum atomic E-state index is 12.5. The van der Waals surface area contributed by atoms with Gasteiger partial charge in [-0.05, 0) is 18.6 Å². The van der Waals surface area contributed by atoms with Gasteiger partial charge >= 0.3 is 0 Å². The number of nitrogens with zero attached hydrogens (tertiary/aromatic N) is 5. The van der Waals surface area contributed by atoms with E-state index in [-0.39, 0.29) is 5.91 Å². The predicted molar refractivity (Wildman–Crippen MR) is 105 cm³/mol. The number of para-hydroxylation sites is 1. The molecule has 1 aromatic carbocycles. The van der Waals surface area contributed by atoms with Crippen molar-refractivity contribution < 1.29 is 4.79 Å². The predicted octanol–water partition coefficient (Wildman–Crippen LogP) is 2.94. The summed E-state index contributed by atoms with van der Waals surface area (Å²) in [5, 5.41) is 1.82. The minimum Gasteiger partial charge on any atom is -0.335 e. The van der Waals surface area contributed by atoms with Crippen molar-refractivity contribution in [3.05, 3.63) is 64.8 Å². The number of hydrogen-bond donors (Lipinski definition) is 0. The monoisotopic (exact) mass is 381 g/mol. The highest BCUT2D eigenvalue weighted by molar-refractivity contribution is 6.32. The molecule has 0 unspecified atom stereocenters. The fourth-order valence-electron chi connectivity index (χ4n) is 3.41. The molecule has 27 heavy (non-hydrogen) atoms. The van der Waals surface area contributed by atoms with Gasteiger partial charge in [0.2, 0.25) is 0 Å². The second kappa shape index (κ2) is 7.58. The van der Waals surface area contributed by atoms with E-state index in [0.717, 1.165) is 40.3 Å². The van der Waals surface area contributed by atoms with Crippen molar-refractivity contribution in [3.8, 4) is 0 Å². The molecule has 1 aliphatic heterocycles. The maximum absolute atomic E-state index is 12.5. The summed E-state index contributed by atoms with van der Waals surface area (Å²) >= 11 is 6.58. The summed E-state index contributed by atoms with van der Waals surface area (Å²) < 4.78 is 0. The number of carbonyl (C=O) groups excluding carboxylic acids is 1. The number of halogens is 1. The molecule has 2 aromatic heterocycles. The van der Waals surface area contributed by atoms with Gasteiger partial charge in [0.05, 0.1) is 22.4 Å². The van der Waals surface area contributed by atoms with E-state index in [1.807, 2.05) is 36.1 Å².